The number of likely N-dealkylation sites (N-methyl/N-ethyl adjacent to an activating group) is 1. The molecule has 0 bridgehead atoms. The molecule has 1 aliphatic rings. The molecule has 0 radical (unpaired) electrons. The lowest BCUT2D eigenvalue weighted by Crippen LogP contribution is -2.55. The fourth-order valence-corrected chi connectivity index (χ4v) is 2.89. The van der Waals surface area contributed by atoms with Gasteiger partial charge in [-0.2, -0.15) is 0 Å². The zero-order valence-corrected chi connectivity index (χ0v) is 12.1. The van der Waals surface area contributed by atoms with Crippen LogP contribution in [-0.4, -0.2) is 37.1 Å². The van der Waals surface area contributed by atoms with Gasteiger partial charge in [0.05, 0.1) is 0 Å². The Morgan fingerprint density at radius 1 is 1.28 bits per heavy atom. The molecule has 1 saturated heterocycles. The first-order valence-corrected chi connectivity index (χ1v) is 6.86. The molecule has 0 spiro atoms. The van der Waals surface area contributed by atoms with Crippen LogP contribution in [0.4, 0.5) is 5.69 Å². The summed E-state index contributed by atoms with van der Waals surface area (Å²) >= 11 is 6.23. The van der Waals surface area contributed by atoms with Gasteiger partial charge in [0.15, 0.2) is 0 Å². The Kier molecular flexibility index (Phi) is 4.15. The van der Waals surface area contributed by atoms with Crippen molar-refractivity contribution >= 4 is 17.3 Å². The number of anilines is 1. The smallest absolute Gasteiger partial charge is 0.0471 e. The average Bonchev–Trinajstić information content (AvgIpc) is 2.35. The molecular weight excluding hydrogens is 246 g/mol. The number of rotatable bonds is 2. The number of nitrogens with zero attached hydrogens (tertiary/aromatic N) is 2. The van der Waals surface area contributed by atoms with Crippen LogP contribution in [0, 0.1) is 0 Å². The van der Waals surface area contributed by atoms with E-state index in [9.17, 15) is 0 Å². The van der Waals surface area contributed by atoms with Gasteiger partial charge in [-0.3, -0.25) is 4.90 Å². The molecule has 1 fully saturated rings. The maximum atomic E-state index is 6.23. The summed E-state index contributed by atoms with van der Waals surface area (Å²) < 4.78 is 0. The van der Waals surface area contributed by atoms with Crippen molar-refractivity contribution in [3.63, 3.8) is 0 Å². The molecule has 2 N–H and O–H groups in total. The molecule has 0 aliphatic carbocycles. The summed E-state index contributed by atoms with van der Waals surface area (Å²) in [6.07, 6.45) is 0. The third-order valence-electron chi connectivity index (χ3n) is 4.00. The van der Waals surface area contributed by atoms with E-state index in [1.54, 1.807) is 0 Å². The Bertz CT molecular complexity index is 410. The van der Waals surface area contributed by atoms with E-state index < -0.39 is 0 Å². The third-order valence-corrected chi connectivity index (χ3v) is 4.35. The lowest BCUT2D eigenvalue weighted by atomic mass is 10.1. The van der Waals surface area contributed by atoms with Crippen LogP contribution < -0.4 is 10.6 Å². The number of benzene rings is 1. The van der Waals surface area contributed by atoms with E-state index >= 15 is 0 Å². The summed E-state index contributed by atoms with van der Waals surface area (Å²) in [6.45, 7) is 7.05. The summed E-state index contributed by atoms with van der Waals surface area (Å²) in [4.78, 5) is 4.83. The van der Waals surface area contributed by atoms with Gasteiger partial charge in [0.1, 0.15) is 0 Å². The first kappa shape index (κ1) is 13.7. The van der Waals surface area contributed by atoms with Crippen LogP contribution in [0.2, 0.25) is 5.02 Å². The number of hydrogen-bond acceptors (Lipinski definition) is 3. The minimum Gasteiger partial charge on any atom is -0.368 e. The van der Waals surface area contributed by atoms with E-state index in [1.807, 2.05) is 12.1 Å². The Morgan fingerprint density at radius 2 is 1.89 bits per heavy atom. The van der Waals surface area contributed by atoms with Crippen molar-refractivity contribution in [2.45, 2.75) is 32.5 Å². The van der Waals surface area contributed by atoms with Crippen LogP contribution in [0.25, 0.3) is 0 Å². The van der Waals surface area contributed by atoms with Crippen molar-refractivity contribution in [1.29, 1.82) is 0 Å². The van der Waals surface area contributed by atoms with Gasteiger partial charge in [0.25, 0.3) is 0 Å². The van der Waals surface area contributed by atoms with Crippen molar-refractivity contribution in [1.82, 2.24) is 4.90 Å². The van der Waals surface area contributed by atoms with Crippen molar-refractivity contribution in [2.24, 2.45) is 5.73 Å². The standard InChI is InChI=1S/C14H22ClN3/c1-10-8-18(9-11(2)17(10)3)14-6-4-5-13(15)12(14)7-16/h4-6,10-11H,7-9,16H2,1-3H3. The highest BCUT2D eigenvalue weighted by Gasteiger charge is 2.27. The van der Waals surface area contributed by atoms with Gasteiger partial charge < -0.3 is 10.6 Å². The number of nitrogens with two attached hydrogens (primary N) is 1. The molecule has 2 rings (SSSR count). The topological polar surface area (TPSA) is 32.5 Å². The molecule has 0 saturated carbocycles. The highest BCUT2D eigenvalue weighted by atomic mass is 35.5. The summed E-state index contributed by atoms with van der Waals surface area (Å²) in [5.41, 5.74) is 8.08. The van der Waals surface area contributed by atoms with Crippen molar-refractivity contribution in [3.8, 4) is 0 Å². The number of halogens is 1. The molecule has 2 atom stereocenters. The van der Waals surface area contributed by atoms with E-state index in [1.165, 1.54) is 5.69 Å². The summed E-state index contributed by atoms with van der Waals surface area (Å²) in [5.74, 6) is 0. The SMILES string of the molecule is CC1CN(c2cccc(Cl)c2CN)CC(C)N1C. The molecule has 1 aliphatic heterocycles. The Morgan fingerprint density at radius 3 is 2.44 bits per heavy atom. The van der Waals surface area contributed by atoms with Gasteiger partial charge >= 0.3 is 0 Å². The molecule has 1 heterocycles. The van der Waals surface area contributed by atoms with Crippen LogP contribution in [0.5, 0.6) is 0 Å². The number of hydrogen-bond donors (Lipinski definition) is 1. The molecule has 100 valence electrons. The van der Waals surface area contributed by atoms with Gasteiger partial charge in [-0.05, 0) is 33.0 Å². The predicted octanol–water partition coefficient (Wildman–Crippen LogP) is 2.33. The highest BCUT2D eigenvalue weighted by molar-refractivity contribution is 6.31. The maximum absolute atomic E-state index is 6.23. The molecule has 0 aromatic heterocycles. The van der Waals surface area contributed by atoms with Gasteiger partial charge in [-0.1, -0.05) is 17.7 Å². The molecule has 0 amide bonds. The largest absolute Gasteiger partial charge is 0.368 e. The second-order valence-electron chi connectivity index (χ2n) is 5.21. The van der Waals surface area contributed by atoms with Crippen molar-refractivity contribution in [2.75, 3.05) is 25.0 Å². The second-order valence-corrected chi connectivity index (χ2v) is 5.62. The van der Waals surface area contributed by atoms with Gasteiger partial charge in [-0.15, -0.1) is 0 Å². The van der Waals surface area contributed by atoms with E-state index in [0.717, 1.165) is 23.7 Å². The monoisotopic (exact) mass is 267 g/mol. The fraction of sp³-hybridized carbons (Fsp3) is 0.571. The van der Waals surface area contributed by atoms with E-state index in [0.29, 0.717) is 18.6 Å². The van der Waals surface area contributed by atoms with Crippen LogP contribution in [0.1, 0.15) is 19.4 Å². The molecule has 1 aromatic carbocycles. The van der Waals surface area contributed by atoms with Crippen molar-refractivity contribution in [3.05, 3.63) is 28.8 Å². The zero-order valence-electron chi connectivity index (χ0n) is 11.4. The van der Waals surface area contributed by atoms with Gasteiger partial charge in [-0.25, -0.2) is 0 Å². The maximum Gasteiger partial charge on any atom is 0.0471 e. The van der Waals surface area contributed by atoms with Crippen LogP contribution in [0.3, 0.4) is 0 Å². The van der Waals surface area contributed by atoms with Gasteiger partial charge in [0.2, 0.25) is 0 Å². The van der Waals surface area contributed by atoms with Crippen LogP contribution in [-0.2, 0) is 6.54 Å². The summed E-state index contributed by atoms with van der Waals surface area (Å²) in [7, 11) is 2.19. The molecule has 18 heavy (non-hydrogen) atoms. The molecule has 1 aromatic rings. The average molecular weight is 268 g/mol. The normalized spacial score (nSPS) is 25.5. The minimum atomic E-state index is 0.490. The lowest BCUT2D eigenvalue weighted by molar-refractivity contribution is 0.170. The summed E-state index contributed by atoms with van der Waals surface area (Å²) in [5, 5.41) is 0.772. The highest BCUT2D eigenvalue weighted by Crippen LogP contribution is 2.29. The summed E-state index contributed by atoms with van der Waals surface area (Å²) in [6, 6.07) is 7.12. The minimum absolute atomic E-state index is 0.490. The van der Waals surface area contributed by atoms with E-state index in [2.05, 4.69) is 36.8 Å². The molecular formula is C14H22ClN3. The van der Waals surface area contributed by atoms with Gasteiger partial charge in [0, 0.05) is 48.0 Å². The fourth-order valence-electron chi connectivity index (χ4n) is 2.65. The first-order chi connectivity index (χ1) is 8.54. The first-order valence-electron chi connectivity index (χ1n) is 6.49. The quantitative estimate of drug-likeness (QED) is 0.893. The van der Waals surface area contributed by atoms with E-state index in [4.69, 9.17) is 17.3 Å². The molecule has 2 unspecified atom stereocenters. The predicted molar refractivity (Wildman–Crippen MR) is 78.2 cm³/mol. The number of piperazine rings is 1. The molecule has 3 nitrogen and oxygen atoms in total. The Labute approximate surface area is 115 Å². The molecule has 4 heteroatoms. The second kappa shape index (κ2) is 5.47. The van der Waals surface area contributed by atoms with Crippen molar-refractivity contribution < 1.29 is 0 Å². The van der Waals surface area contributed by atoms with Crippen LogP contribution in [0.15, 0.2) is 18.2 Å². The Balaban J connectivity index is 2.29. The van der Waals surface area contributed by atoms with E-state index in [-0.39, 0.29) is 0 Å². The van der Waals surface area contributed by atoms with Crippen LogP contribution >= 0.6 is 11.6 Å². The third kappa shape index (κ3) is 2.48. The Hall–Kier alpha value is -0.770. The zero-order chi connectivity index (χ0) is 13.3. The lowest BCUT2D eigenvalue weighted by Gasteiger charge is -2.44.